The molecule has 1 heterocycles. The van der Waals surface area contributed by atoms with E-state index in [1.807, 2.05) is 18.2 Å². The Morgan fingerprint density at radius 2 is 2.39 bits per heavy atom. The van der Waals surface area contributed by atoms with E-state index in [0.29, 0.717) is 6.42 Å². The van der Waals surface area contributed by atoms with Crippen molar-refractivity contribution < 1.29 is 4.74 Å². The number of aromatic nitrogens is 2. The molecule has 1 aromatic carbocycles. The van der Waals surface area contributed by atoms with Crippen molar-refractivity contribution in [3.05, 3.63) is 46.5 Å². The first-order valence-corrected chi connectivity index (χ1v) is 6.31. The molecule has 18 heavy (non-hydrogen) atoms. The molecule has 0 aliphatic rings. The molecule has 0 aliphatic heterocycles. The lowest BCUT2D eigenvalue weighted by molar-refractivity contribution is 0.413. The predicted octanol–water partition coefficient (Wildman–Crippen LogP) is 1.93. The summed E-state index contributed by atoms with van der Waals surface area (Å²) in [5.74, 6) is 7.21. The van der Waals surface area contributed by atoms with Gasteiger partial charge in [-0.25, -0.2) is 10.4 Å². The molecule has 0 saturated carbocycles. The van der Waals surface area contributed by atoms with E-state index >= 15 is 0 Å². The van der Waals surface area contributed by atoms with Crippen LogP contribution in [0.2, 0.25) is 0 Å². The SMILES string of the molecule is COc1ccc(Br)c(CC(NN)c2ncc[nH]2)c1. The van der Waals surface area contributed by atoms with Crippen molar-refractivity contribution in [2.24, 2.45) is 5.84 Å². The van der Waals surface area contributed by atoms with E-state index in [1.54, 1.807) is 19.5 Å². The Hall–Kier alpha value is -1.37. The lowest BCUT2D eigenvalue weighted by Crippen LogP contribution is -2.30. The van der Waals surface area contributed by atoms with E-state index < -0.39 is 0 Å². The third kappa shape index (κ3) is 2.90. The molecule has 1 aromatic heterocycles. The Kier molecular flexibility index (Phi) is 4.35. The first-order chi connectivity index (χ1) is 8.74. The Morgan fingerprint density at radius 1 is 1.56 bits per heavy atom. The van der Waals surface area contributed by atoms with Crippen molar-refractivity contribution in [1.82, 2.24) is 15.4 Å². The predicted molar refractivity (Wildman–Crippen MR) is 73.0 cm³/mol. The average molecular weight is 311 g/mol. The quantitative estimate of drug-likeness (QED) is 0.582. The van der Waals surface area contributed by atoms with Crippen LogP contribution in [-0.2, 0) is 6.42 Å². The van der Waals surface area contributed by atoms with Gasteiger partial charge in [-0.2, -0.15) is 0 Å². The summed E-state index contributed by atoms with van der Waals surface area (Å²) in [4.78, 5) is 7.27. The second-order valence-corrected chi connectivity index (χ2v) is 4.71. The largest absolute Gasteiger partial charge is 0.497 e. The number of nitrogens with two attached hydrogens (primary N) is 1. The Balaban J connectivity index is 2.21. The maximum Gasteiger partial charge on any atom is 0.124 e. The highest BCUT2D eigenvalue weighted by atomic mass is 79.9. The number of hydrogen-bond acceptors (Lipinski definition) is 4. The molecule has 2 aromatic rings. The molecule has 4 N–H and O–H groups in total. The van der Waals surface area contributed by atoms with Gasteiger partial charge in [0.25, 0.3) is 0 Å². The zero-order valence-electron chi connectivity index (χ0n) is 9.98. The monoisotopic (exact) mass is 310 g/mol. The molecular weight excluding hydrogens is 296 g/mol. The van der Waals surface area contributed by atoms with Crippen molar-refractivity contribution in [3.8, 4) is 5.75 Å². The Bertz CT molecular complexity index is 501. The average Bonchev–Trinajstić information content (AvgIpc) is 2.91. The van der Waals surface area contributed by atoms with Crippen molar-refractivity contribution in [3.63, 3.8) is 0 Å². The van der Waals surface area contributed by atoms with E-state index in [9.17, 15) is 0 Å². The molecule has 0 amide bonds. The van der Waals surface area contributed by atoms with Gasteiger partial charge in [-0.1, -0.05) is 15.9 Å². The van der Waals surface area contributed by atoms with Crippen LogP contribution in [0, 0.1) is 0 Å². The minimum atomic E-state index is -0.0663. The molecule has 0 fully saturated rings. The van der Waals surface area contributed by atoms with Crippen LogP contribution in [0.15, 0.2) is 35.1 Å². The van der Waals surface area contributed by atoms with Gasteiger partial charge in [0, 0.05) is 16.9 Å². The number of imidazole rings is 1. The van der Waals surface area contributed by atoms with Gasteiger partial charge in [-0.15, -0.1) is 0 Å². The molecule has 0 saturated heterocycles. The van der Waals surface area contributed by atoms with Gasteiger partial charge in [-0.05, 0) is 30.2 Å². The number of ether oxygens (including phenoxy) is 1. The molecular formula is C12H15BrN4O. The minimum absolute atomic E-state index is 0.0663. The number of hydrazine groups is 1. The van der Waals surface area contributed by atoms with E-state index in [-0.39, 0.29) is 6.04 Å². The number of hydrogen-bond donors (Lipinski definition) is 3. The van der Waals surface area contributed by atoms with Crippen molar-refractivity contribution >= 4 is 15.9 Å². The molecule has 5 nitrogen and oxygen atoms in total. The molecule has 0 spiro atoms. The van der Waals surface area contributed by atoms with Crippen LogP contribution in [0.25, 0.3) is 0 Å². The van der Waals surface area contributed by atoms with E-state index in [4.69, 9.17) is 10.6 Å². The van der Waals surface area contributed by atoms with Gasteiger partial charge in [0.1, 0.15) is 11.6 Å². The van der Waals surface area contributed by atoms with E-state index in [2.05, 4.69) is 31.3 Å². The van der Waals surface area contributed by atoms with Gasteiger partial charge in [0.2, 0.25) is 0 Å². The second-order valence-electron chi connectivity index (χ2n) is 3.86. The number of rotatable bonds is 5. The molecule has 2 rings (SSSR count). The fraction of sp³-hybridized carbons (Fsp3) is 0.250. The van der Waals surface area contributed by atoms with Crippen LogP contribution in [0.4, 0.5) is 0 Å². The maximum atomic E-state index is 5.58. The topological polar surface area (TPSA) is 76.0 Å². The highest BCUT2D eigenvalue weighted by molar-refractivity contribution is 9.10. The number of aromatic amines is 1. The Morgan fingerprint density at radius 3 is 3.00 bits per heavy atom. The summed E-state index contributed by atoms with van der Waals surface area (Å²) in [6.07, 6.45) is 4.20. The number of nitrogens with one attached hydrogen (secondary N) is 2. The lowest BCUT2D eigenvalue weighted by Gasteiger charge is -2.15. The van der Waals surface area contributed by atoms with Crippen LogP contribution < -0.4 is 16.0 Å². The summed E-state index contributed by atoms with van der Waals surface area (Å²) >= 11 is 3.53. The van der Waals surface area contributed by atoms with Gasteiger partial charge in [0.05, 0.1) is 13.2 Å². The third-order valence-electron chi connectivity index (χ3n) is 2.73. The van der Waals surface area contributed by atoms with Crippen molar-refractivity contribution in [2.75, 3.05) is 7.11 Å². The zero-order chi connectivity index (χ0) is 13.0. The van der Waals surface area contributed by atoms with E-state index in [0.717, 1.165) is 21.6 Å². The second kappa shape index (κ2) is 5.99. The first kappa shape index (κ1) is 13.1. The molecule has 1 unspecified atom stereocenters. The summed E-state index contributed by atoms with van der Waals surface area (Å²) < 4.78 is 6.24. The fourth-order valence-electron chi connectivity index (χ4n) is 1.76. The fourth-order valence-corrected chi connectivity index (χ4v) is 2.17. The number of benzene rings is 1. The summed E-state index contributed by atoms with van der Waals surface area (Å²) in [5.41, 5.74) is 3.87. The highest BCUT2D eigenvalue weighted by Crippen LogP contribution is 2.26. The normalized spacial score (nSPS) is 12.4. The van der Waals surface area contributed by atoms with Gasteiger partial charge < -0.3 is 9.72 Å². The van der Waals surface area contributed by atoms with Crippen LogP contribution in [0.3, 0.4) is 0 Å². The van der Waals surface area contributed by atoms with Crippen molar-refractivity contribution in [1.29, 1.82) is 0 Å². The standard InChI is InChI=1S/C12H15BrN4O/c1-18-9-2-3-10(13)8(6-9)7-11(17-14)12-15-4-5-16-12/h2-6,11,17H,7,14H2,1H3,(H,15,16). The molecule has 0 aliphatic carbocycles. The highest BCUT2D eigenvalue weighted by Gasteiger charge is 2.15. The number of nitrogens with zero attached hydrogens (tertiary/aromatic N) is 1. The van der Waals surface area contributed by atoms with Crippen LogP contribution in [0.5, 0.6) is 5.75 Å². The molecule has 1 atom stereocenters. The Labute approximate surface area is 114 Å². The lowest BCUT2D eigenvalue weighted by atomic mass is 10.1. The maximum absolute atomic E-state index is 5.58. The molecule has 0 bridgehead atoms. The smallest absolute Gasteiger partial charge is 0.124 e. The number of halogens is 1. The summed E-state index contributed by atoms with van der Waals surface area (Å²) in [7, 11) is 1.65. The van der Waals surface area contributed by atoms with Gasteiger partial charge in [0.15, 0.2) is 0 Å². The van der Waals surface area contributed by atoms with Crippen LogP contribution in [-0.4, -0.2) is 17.1 Å². The summed E-state index contributed by atoms with van der Waals surface area (Å²) in [6.45, 7) is 0. The summed E-state index contributed by atoms with van der Waals surface area (Å²) in [5, 5.41) is 0. The zero-order valence-corrected chi connectivity index (χ0v) is 11.6. The van der Waals surface area contributed by atoms with Crippen LogP contribution >= 0.6 is 15.9 Å². The number of H-pyrrole nitrogens is 1. The van der Waals surface area contributed by atoms with Gasteiger partial charge in [-0.3, -0.25) is 5.84 Å². The van der Waals surface area contributed by atoms with Crippen molar-refractivity contribution in [2.45, 2.75) is 12.5 Å². The minimum Gasteiger partial charge on any atom is -0.497 e. The van der Waals surface area contributed by atoms with Crippen LogP contribution in [0.1, 0.15) is 17.4 Å². The molecule has 96 valence electrons. The molecule has 6 heteroatoms. The summed E-state index contributed by atoms with van der Waals surface area (Å²) in [6, 6.07) is 5.79. The molecule has 0 radical (unpaired) electrons. The number of methoxy groups -OCH3 is 1. The third-order valence-corrected chi connectivity index (χ3v) is 3.50. The van der Waals surface area contributed by atoms with E-state index in [1.165, 1.54) is 0 Å². The van der Waals surface area contributed by atoms with Gasteiger partial charge >= 0.3 is 0 Å². The first-order valence-electron chi connectivity index (χ1n) is 5.52.